The number of hydrogen-bond donors (Lipinski definition) is 2. The lowest BCUT2D eigenvalue weighted by Crippen LogP contribution is -2.31. The Morgan fingerprint density at radius 2 is 1.68 bits per heavy atom. The van der Waals surface area contributed by atoms with Gasteiger partial charge in [0.2, 0.25) is 6.04 Å². The van der Waals surface area contributed by atoms with Crippen molar-refractivity contribution in [2.75, 3.05) is 5.32 Å². The molecule has 6 heteroatoms. The molecule has 2 N–H and O–H groups in total. The molecule has 0 aliphatic heterocycles. The number of Topliss-reactive ketones (excluding diaryl/α,β-unsaturated/α-hetero) is 1. The minimum Gasteiger partial charge on any atom is -0.506 e. The maximum atomic E-state index is 12.1. The number of carbonyl (C=O) groups excluding carboxylic acids is 2. The molecule has 0 fully saturated rings. The fourth-order valence-corrected chi connectivity index (χ4v) is 1.72. The molecule has 2 aromatic carbocycles. The lowest BCUT2D eigenvalue weighted by atomic mass is 10.2. The normalized spacial score (nSPS) is 12.0. The number of nitrogens with one attached hydrogen (secondary N) is 1. The van der Waals surface area contributed by atoms with Gasteiger partial charge in [0.15, 0.2) is 5.78 Å². The molecule has 1 atom stereocenters. The molecule has 0 radical (unpaired) electrons. The zero-order chi connectivity index (χ0) is 15.9. The highest BCUT2D eigenvalue weighted by Gasteiger charge is 2.23. The third kappa shape index (κ3) is 3.99. The summed E-state index contributed by atoms with van der Waals surface area (Å²) in [7, 11) is 0. The van der Waals surface area contributed by atoms with Crippen LogP contribution in [0.1, 0.15) is 6.92 Å². The van der Waals surface area contributed by atoms with Crippen LogP contribution in [0.2, 0.25) is 0 Å². The molecule has 0 aliphatic rings. The summed E-state index contributed by atoms with van der Waals surface area (Å²) in [4.78, 5) is 23.7. The van der Waals surface area contributed by atoms with E-state index in [1.165, 1.54) is 19.1 Å². The predicted molar refractivity (Wildman–Crippen MR) is 82.2 cm³/mol. The Labute approximate surface area is 127 Å². The van der Waals surface area contributed by atoms with E-state index in [0.717, 1.165) is 0 Å². The smallest absolute Gasteiger partial charge is 0.258 e. The molecule has 6 nitrogen and oxygen atoms in total. The van der Waals surface area contributed by atoms with E-state index < -0.39 is 17.7 Å². The van der Waals surface area contributed by atoms with E-state index in [4.69, 9.17) is 0 Å². The fourth-order valence-electron chi connectivity index (χ4n) is 1.72. The summed E-state index contributed by atoms with van der Waals surface area (Å²) in [6.07, 6.45) is 0. The number of phenolic OH excluding ortho intramolecular Hbond substituents is 1. The fraction of sp³-hybridized carbons (Fsp3) is 0.125. The lowest BCUT2D eigenvalue weighted by Gasteiger charge is -2.09. The second-order valence-corrected chi connectivity index (χ2v) is 4.57. The van der Waals surface area contributed by atoms with Crippen molar-refractivity contribution >= 4 is 23.1 Å². The summed E-state index contributed by atoms with van der Waals surface area (Å²) in [5, 5.41) is 19.7. The van der Waals surface area contributed by atoms with Crippen LogP contribution in [-0.4, -0.2) is 22.8 Å². The van der Waals surface area contributed by atoms with E-state index in [9.17, 15) is 14.7 Å². The van der Waals surface area contributed by atoms with Gasteiger partial charge in [-0.3, -0.25) is 9.59 Å². The molecule has 0 aliphatic carbocycles. The van der Waals surface area contributed by atoms with Crippen LogP contribution in [-0.2, 0) is 9.59 Å². The predicted octanol–water partition coefficient (Wildman–Crippen LogP) is 3.07. The van der Waals surface area contributed by atoms with Gasteiger partial charge in [0.25, 0.3) is 5.91 Å². The van der Waals surface area contributed by atoms with Crippen molar-refractivity contribution in [3.63, 3.8) is 0 Å². The van der Waals surface area contributed by atoms with Crippen LogP contribution in [0.25, 0.3) is 0 Å². The van der Waals surface area contributed by atoms with Gasteiger partial charge in [0.05, 0.1) is 0 Å². The molecule has 0 heterocycles. The van der Waals surface area contributed by atoms with Crippen LogP contribution in [0.4, 0.5) is 11.4 Å². The number of phenols is 1. The Balaban J connectivity index is 2.15. The Hall–Kier alpha value is -3.02. The highest BCUT2D eigenvalue weighted by molar-refractivity contribution is 6.10. The first-order valence-corrected chi connectivity index (χ1v) is 6.63. The Morgan fingerprint density at radius 1 is 1.05 bits per heavy atom. The molecule has 2 aromatic rings. The highest BCUT2D eigenvalue weighted by Crippen LogP contribution is 2.25. The molecule has 0 bridgehead atoms. The van der Waals surface area contributed by atoms with Crippen molar-refractivity contribution in [3.05, 3.63) is 54.6 Å². The Kier molecular flexibility index (Phi) is 4.98. The number of carbonyl (C=O) groups is 2. The number of amides is 1. The summed E-state index contributed by atoms with van der Waals surface area (Å²) >= 11 is 0. The third-order valence-electron chi connectivity index (χ3n) is 2.84. The van der Waals surface area contributed by atoms with Gasteiger partial charge in [0, 0.05) is 5.69 Å². The first-order valence-electron chi connectivity index (χ1n) is 6.63. The van der Waals surface area contributed by atoms with Crippen molar-refractivity contribution in [1.82, 2.24) is 0 Å². The molecule has 22 heavy (non-hydrogen) atoms. The Morgan fingerprint density at radius 3 is 2.32 bits per heavy atom. The summed E-state index contributed by atoms with van der Waals surface area (Å²) in [5.41, 5.74) is 0.762. The molecule has 0 saturated heterocycles. The number of hydrogen-bond acceptors (Lipinski definition) is 5. The maximum Gasteiger partial charge on any atom is 0.258 e. The molecule has 1 amide bonds. The average Bonchev–Trinajstić information content (AvgIpc) is 2.50. The number of para-hydroxylation sites is 2. The monoisotopic (exact) mass is 297 g/mol. The second kappa shape index (κ2) is 7.12. The maximum absolute atomic E-state index is 12.1. The minimum atomic E-state index is -1.26. The number of azo groups is 1. The van der Waals surface area contributed by atoms with Gasteiger partial charge in [-0.2, -0.15) is 10.2 Å². The Bertz CT molecular complexity index is 699. The average molecular weight is 297 g/mol. The van der Waals surface area contributed by atoms with Crippen LogP contribution in [0, 0.1) is 0 Å². The van der Waals surface area contributed by atoms with Gasteiger partial charge in [-0.1, -0.05) is 30.3 Å². The topological polar surface area (TPSA) is 91.1 Å². The van der Waals surface area contributed by atoms with Crippen molar-refractivity contribution < 1.29 is 14.7 Å². The van der Waals surface area contributed by atoms with Gasteiger partial charge in [-0.05, 0) is 31.2 Å². The highest BCUT2D eigenvalue weighted by atomic mass is 16.3. The number of benzene rings is 2. The number of aromatic hydroxyl groups is 1. The van der Waals surface area contributed by atoms with Crippen LogP contribution in [0.3, 0.4) is 0 Å². The molecule has 0 spiro atoms. The number of anilines is 1. The first kappa shape index (κ1) is 15.4. The van der Waals surface area contributed by atoms with Crippen LogP contribution in [0.5, 0.6) is 5.75 Å². The van der Waals surface area contributed by atoms with Gasteiger partial charge in [0.1, 0.15) is 11.4 Å². The second-order valence-electron chi connectivity index (χ2n) is 4.57. The van der Waals surface area contributed by atoms with Crippen LogP contribution >= 0.6 is 0 Å². The molecule has 1 unspecified atom stereocenters. The third-order valence-corrected chi connectivity index (χ3v) is 2.84. The summed E-state index contributed by atoms with van der Waals surface area (Å²) in [5.74, 6) is -1.08. The van der Waals surface area contributed by atoms with Crippen molar-refractivity contribution in [2.45, 2.75) is 13.0 Å². The lowest BCUT2D eigenvalue weighted by molar-refractivity contribution is -0.126. The van der Waals surface area contributed by atoms with Crippen molar-refractivity contribution in [1.29, 1.82) is 0 Å². The zero-order valence-electron chi connectivity index (χ0n) is 11.9. The molecular weight excluding hydrogens is 282 g/mol. The van der Waals surface area contributed by atoms with Gasteiger partial charge in [-0.15, -0.1) is 0 Å². The van der Waals surface area contributed by atoms with Crippen LogP contribution in [0.15, 0.2) is 64.8 Å². The van der Waals surface area contributed by atoms with Gasteiger partial charge < -0.3 is 10.4 Å². The number of rotatable bonds is 5. The molecule has 0 saturated carbocycles. The summed E-state index contributed by atoms with van der Waals surface area (Å²) < 4.78 is 0. The van der Waals surface area contributed by atoms with E-state index in [2.05, 4.69) is 15.5 Å². The number of nitrogens with zero attached hydrogens (tertiary/aromatic N) is 2. The van der Waals surface area contributed by atoms with E-state index in [1.54, 1.807) is 36.4 Å². The zero-order valence-corrected chi connectivity index (χ0v) is 11.9. The summed E-state index contributed by atoms with van der Waals surface area (Å²) in [6, 6.07) is 13.8. The van der Waals surface area contributed by atoms with Crippen LogP contribution < -0.4 is 5.32 Å². The first-order chi connectivity index (χ1) is 10.6. The van der Waals surface area contributed by atoms with Gasteiger partial charge in [-0.25, -0.2) is 0 Å². The largest absolute Gasteiger partial charge is 0.506 e. The summed E-state index contributed by atoms with van der Waals surface area (Å²) in [6.45, 7) is 1.26. The van der Waals surface area contributed by atoms with E-state index in [0.29, 0.717) is 5.69 Å². The molecule has 2 rings (SSSR count). The molecular formula is C16H15N3O3. The number of ketones is 1. The molecule has 0 aromatic heterocycles. The quantitative estimate of drug-likeness (QED) is 0.656. The van der Waals surface area contributed by atoms with E-state index in [-0.39, 0.29) is 11.4 Å². The van der Waals surface area contributed by atoms with Crippen molar-refractivity contribution in [2.24, 2.45) is 10.2 Å². The SMILES string of the molecule is CC(=O)C(N=Nc1ccccc1O)C(=O)Nc1ccccc1. The standard InChI is InChI=1S/C16H15N3O3/c1-11(20)15(16(22)17-12-7-3-2-4-8-12)19-18-13-9-5-6-10-14(13)21/h2-10,15,21H,1H3,(H,17,22). The molecule has 112 valence electrons. The van der Waals surface area contributed by atoms with Gasteiger partial charge >= 0.3 is 0 Å². The minimum absolute atomic E-state index is 0.0722. The van der Waals surface area contributed by atoms with Crippen molar-refractivity contribution in [3.8, 4) is 5.75 Å². The van der Waals surface area contributed by atoms with E-state index in [1.807, 2.05) is 6.07 Å². The van der Waals surface area contributed by atoms with E-state index >= 15 is 0 Å².